The van der Waals surface area contributed by atoms with Crippen LogP contribution in [0.5, 0.6) is 0 Å². The summed E-state index contributed by atoms with van der Waals surface area (Å²) in [5, 5.41) is 18.2. The van der Waals surface area contributed by atoms with E-state index in [-0.39, 0.29) is 17.8 Å². The van der Waals surface area contributed by atoms with E-state index in [1.165, 1.54) is 0 Å². The van der Waals surface area contributed by atoms with Gasteiger partial charge >= 0.3 is 18.2 Å². The van der Waals surface area contributed by atoms with Gasteiger partial charge in [0.05, 0.1) is 5.41 Å². The molecule has 0 saturated carbocycles. The highest BCUT2D eigenvalue weighted by atomic mass is 19.4. The van der Waals surface area contributed by atoms with Crippen LogP contribution in [0.4, 0.5) is 18.0 Å². The molecule has 10 nitrogen and oxygen atoms in total. The van der Waals surface area contributed by atoms with E-state index in [2.05, 4.69) is 28.1 Å². The molecule has 13 heteroatoms. The number of carboxylic acids is 1. The van der Waals surface area contributed by atoms with Gasteiger partial charge in [0.25, 0.3) is 0 Å². The number of piperidine rings is 1. The van der Waals surface area contributed by atoms with Crippen molar-refractivity contribution < 1.29 is 37.5 Å². The second kappa shape index (κ2) is 18.0. The van der Waals surface area contributed by atoms with Gasteiger partial charge in [0, 0.05) is 32.6 Å². The predicted molar refractivity (Wildman–Crippen MR) is 177 cm³/mol. The molecule has 1 heterocycles. The van der Waals surface area contributed by atoms with Crippen LogP contribution in [-0.2, 0) is 27.2 Å². The Bertz CT molecular complexity index is 1520. The lowest BCUT2D eigenvalue weighted by Gasteiger charge is -2.43. The molecule has 1 unspecified atom stereocenters. The number of hydrogen-bond donors (Lipinski definition) is 5. The lowest BCUT2D eigenvalue weighted by Crippen LogP contribution is -2.59. The number of urea groups is 1. The first kappa shape index (κ1) is 37.8. The van der Waals surface area contributed by atoms with Crippen LogP contribution in [0.25, 0.3) is 10.8 Å². The molecule has 260 valence electrons. The minimum atomic E-state index is -5.08. The van der Waals surface area contributed by atoms with Crippen molar-refractivity contribution in [3.05, 3.63) is 83.9 Å². The van der Waals surface area contributed by atoms with Crippen molar-refractivity contribution in [1.82, 2.24) is 20.9 Å². The summed E-state index contributed by atoms with van der Waals surface area (Å²) in [5.74, 6) is -2.96. The molecule has 3 aromatic carbocycles. The first-order valence-corrected chi connectivity index (χ1v) is 16.0. The van der Waals surface area contributed by atoms with Crippen molar-refractivity contribution in [2.75, 3.05) is 32.7 Å². The predicted octanol–water partition coefficient (Wildman–Crippen LogP) is 4.41. The van der Waals surface area contributed by atoms with Gasteiger partial charge in [-0.3, -0.25) is 9.59 Å². The Morgan fingerprint density at radius 3 is 2.25 bits per heavy atom. The molecule has 0 aliphatic carbocycles. The number of aliphatic carboxylic acids is 1. The lowest BCUT2D eigenvalue weighted by atomic mass is 9.74. The molecule has 2 atom stereocenters. The molecule has 1 aliphatic rings. The summed E-state index contributed by atoms with van der Waals surface area (Å²) in [5.41, 5.74) is 6.87. The van der Waals surface area contributed by atoms with E-state index < -0.39 is 23.6 Å². The van der Waals surface area contributed by atoms with Gasteiger partial charge < -0.3 is 31.7 Å². The fourth-order valence-electron chi connectivity index (χ4n) is 5.77. The summed E-state index contributed by atoms with van der Waals surface area (Å²) < 4.78 is 31.7. The van der Waals surface area contributed by atoms with Gasteiger partial charge in [-0.05, 0) is 67.5 Å². The number of benzene rings is 3. The van der Waals surface area contributed by atoms with Crippen LogP contribution in [0.1, 0.15) is 43.7 Å². The van der Waals surface area contributed by atoms with Crippen LogP contribution >= 0.6 is 0 Å². The number of nitrogens with two attached hydrogens (primary N) is 1. The maximum atomic E-state index is 14.1. The highest BCUT2D eigenvalue weighted by Gasteiger charge is 2.44. The minimum absolute atomic E-state index is 0.0296. The van der Waals surface area contributed by atoms with Crippen LogP contribution in [-0.4, -0.2) is 78.8 Å². The van der Waals surface area contributed by atoms with E-state index in [0.717, 1.165) is 34.7 Å². The molecular weight excluding hydrogens is 627 g/mol. The maximum Gasteiger partial charge on any atom is 0.490 e. The van der Waals surface area contributed by atoms with E-state index >= 15 is 0 Å². The number of unbranched alkanes of at least 4 members (excludes halogenated alkanes) is 1. The number of carbonyl (C=O) groups is 4. The summed E-state index contributed by atoms with van der Waals surface area (Å²) in [4.78, 5) is 51.2. The summed E-state index contributed by atoms with van der Waals surface area (Å²) in [6, 6.07) is 23.0. The largest absolute Gasteiger partial charge is 0.490 e. The van der Waals surface area contributed by atoms with Crippen molar-refractivity contribution >= 4 is 34.6 Å². The molecule has 3 aromatic rings. The van der Waals surface area contributed by atoms with E-state index in [4.69, 9.17) is 15.6 Å². The number of halogens is 3. The second-order valence-electron chi connectivity index (χ2n) is 11.8. The fraction of sp³-hybridized carbons (Fsp3) is 0.429. The van der Waals surface area contributed by atoms with Crippen molar-refractivity contribution in [1.29, 1.82) is 0 Å². The third kappa shape index (κ3) is 11.3. The minimum Gasteiger partial charge on any atom is -0.475 e. The van der Waals surface area contributed by atoms with Gasteiger partial charge in [0.1, 0.15) is 6.04 Å². The van der Waals surface area contributed by atoms with Gasteiger partial charge in [-0.15, -0.1) is 0 Å². The maximum absolute atomic E-state index is 14.1. The molecule has 1 fully saturated rings. The zero-order valence-corrected chi connectivity index (χ0v) is 27.0. The van der Waals surface area contributed by atoms with Crippen LogP contribution in [0, 0.1) is 5.41 Å². The normalized spacial score (nSPS) is 16.6. The zero-order chi connectivity index (χ0) is 35.2. The lowest BCUT2D eigenvalue weighted by molar-refractivity contribution is -0.192. The number of nitrogens with one attached hydrogen (secondary N) is 3. The topological polar surface area (TPSA) is 154 Å². The fourth-order valence-corrected chi connectivity index (χ4v) is 5.77. The molecular formula is C35H44F3N5O5. The number of alkyl halides is 3. The number of nitrogens with zero attached hydrogens (tertiary/aromatic N) is 1. The molecule has 4 amide bonds. The molecule has 6 N–H and O–H groups in total. The van der Waals surface area contributed by atoms with Crippen molar-refractivity contribution in [3.63, 3.8) is 0 Å². The Morgan fingerprint density at radius 2 is 1.60 bits per heavy atom. The van der Waals surface area contributed by atoms with Crippen LogP contribution in [0.15, 0.2) is 72.8 Å². The first-order chi connectivity index (χ1) is 22.9. The van der Waals surface area contributed by atoms with E-state index in [9.17, 15) is 27.6 Å². The van der Waals surface area contributed by atoms with E-state index in [1.807, 2.05) is 67.6 Å². The third-order valence-electron chi connectivity index (χ3n) is 8.11. The molecule has 0 spiro atoms. The summed E-state index contributed by atoms with van der Waals surface area (Å²) >= 11 is 0. The van der Waals surface area contributed by atoms with E-state index in [1.54, 1.807) is 4.90 Å². The first-order valence-electron chi connectivity index (χ1n) is 16.0. The van der Waals surface area contributed by atoms with Crippen molar-refractivity contribution in [2.24, 2.45) is 11.1 Å². The molecule has 0 radical (unpaired) electrons. The number of amides is 4. The highest BCUT2D eigenvalue weighted by molar-refractivity contribution is 5.90. The Hall–Kier alpha value is -4.65. The van der Waals surface area contributed by atoms with Crippen LogP contribution in [0.2, 0.25) is 0 Å². The van der Waals surface area contributed by atoms with Gasteiger partial charge in [-0.2, -0.15) is 13.2 Å². The SMILES string of the molecule is CCNC(=O)[C@]1(Cc2ccccc2)CCCN(C(=O)C(Cc2ccc3ccccc3c2)NC(=O)NCCCCN)C1.O=C(O)C(F)(F)F. The zero-order valence-electron chi connectivity index (χ0n) is 27.0. The summed E-state index contributed by atoms with van der Waals surface area (Å²) in [6.45, 7) is 4.34. The van der Waals surface area contributed by atoms with E-state index in [0.29, 0.717) is 58.4 Å². The number of likely N-dealkylation sites (tertiary alicyclic amines) is 1. The molecule has 4 rings (SSSR count). The number of rotatable bonds is 12. The van der Waals surface area contributed by atoms with Gasteiger partial charge in [-0.1, -0.05) is 72.8 Å². The Labute approximate surface area is 278 Å². The molecule has 0 aromatic heterocycles. The number of fused-ring (bicyclic) bond motifs is 1. The standard InChI is InChI=1S/C33H43N5O3.C2HF3O2/c1-2-35-31(40)33(23-25-11-4-3-5-12-25)17-10-20-38(24-33)30(39)29(37-32(41)36-19-9-8-18-34)22-26-15-16-27-13-6-7-14-28(27)21-26;3-2(4,5)1(6)7/h3-7,11-16,21,29H,2,8-10,17-20,22-24,34H2,1H3,(H,35,40)(H2,36,37,41);(H,6,7)/t29?,33-;/m0./s1. The molecule has 48 heavy (non-hydrogen) atoms. The average molecular weight is 672 g/mol. The van der Waals surface area contributed by atoms with Crippen molar-refractivity contribution in [3.8, 4) is 0 Å². The number of carboxylic acid groups (broad SMARTS) is 1. The number of carbonyl (C=O) groups excluding carboxylic acids is 3. The quantitative estimate of drug-likeness (QED) is 0.180. The smallest absolute Gasteiger partial charge is 0.475 e. The van der Waals surface area contributed by atoms with Gasteiger partial charge in [0.15, 0.2) is 0 Å². The Kier molecular flexibility index (Phi) is 14.2. The highest BCUT2D eigenvalue weighted by Crippen LogP contribution is 2.35. The molecule has 1 aliphatic heterocycles. The Balaban J connectivity index is 0.000000804. The third-order valence-corrected chi connectivity index (χ3v) is 8.11. The molecule has 1 saturated heterocycles. The number of hydrogen-bond acceptors (Lipinski definition) is 5. The second-order valence-corrected chi connectivity index (χ2v) is 11.8. The monoisotopic (exact) mass is 671 g/mol. The van der Waals surface area contributed by atoms with Crippen LogP contribution in [0.3, 0.4) is 0 Å². The Morgan fingerprint density at radius 1 is 0.938 bits per heavy atom. The van der Waals surface area contributed by atoms with Gasteiger partial charge in [0.2, 0.25) is 11.8 Å². The van der Waals surface area contributed by atoms with Crippen molar-refractivity contribution in [2.45, 2.75) is 57.7 Å². The summed E-state index contributed by atoms with van der Waals surface area (Å²) in [7, 11) is 0. The molecule has 0 bridgehead atoms. The van der Waals surface area contributed by atoms with Crippen LogP contribution < -0.4 is 21.7 Å². The summed E-state index contributed by atoms with van der Waals surface area (Å²) in [6.07, 6.45) is -1.19. The average Bonchev–Trinajstić information content (AvgIpc) is 3.06. The van der Waals surface area contributed by atoms with Gasteiger partial charge in [-0.25, -0.2) is 9.59 Å².